The molecule has 0 unspecified atom stereocenters. The standard InChI is InChI=1S/C16H20FNO2/c1-16(2,3)11-7-8-18-13-6-5-12(17)15(14(11)13)20-10-9-19-4/h5-8H,9-10H2,1-4H3. The lowest BCUT2D eigenvalue weighted by molar-refractivity contribution is 0.144. The maximum Gasteiger partial charge on any atom is 0.165 e. The average molecular weight is 277 g/mol. The summed E-state index contributed by atoms with van der Waals surface area (Å²) in [5, 5.41) is 0.746. The first-order valence-electron chi connectivity index (χ1n) is 6.64. The minimum atomic E-state index is -0.368. The van der Waals surface area contributed by atoms with Gasteiger partial charge in [-0.1, -0.05) is 20.8 Å². The van der Waals surface area contributed by atoms with Crippen molar-refractivity contribution in [2.75, 3.05) is 20.3 Å². The third-order valence-electron chi connectivity index (χ3n) is 3.15. The average Bonchev–Trinajstić information content (AvgIpc) is 2.39. The van der Waals surface area contributed by atoms with E-state index < -0.39 is 0 Å². The summed E-state index contributed by atoms with van der Waals surface area (Å²) in [4.78, 5) is 4.31. The number of halogens is 1. The summed E-state index contributed by atoms with van der Waals surface area (Å²) in [6, 6.07) is 5.00. The molecule has 0 amide bonds. The van der Waals surface area contributed by atoms with Crippen molar-refractivity contribution in [3.8, 4) is 5.75 Å². The lowest BCUT2D eigenvalue weighted by Gasteiger charge is -2.22. The molecule has 0 saturated carbocycles. The SMILES string of the molecule is COCCOc1c(F)ccc2nccc(C(C)(C)C)c12. The molecule has 0 fully saturated rings. The van der Waals surface area contributed by atoms with Crippen molar-refractivity contribution >= 4 is 10.9 Å². The molecule has 1 heterocycles. The number of hydrogen-bond donors (Lipinski definition) is 0. The Labute approximate surface area is 118 Å². The van der Waals surface area contributed by atoms with Gasteiger partial charge in [0.2, 0.25) is 0 Å². The van der Waals surface area contributed by atoms with E-state index >= 15 is 0 Å². The fourth-order valence-electron chi connectivity index (χ4n) is 2.18. The summed E-state index contributed by atoms with van der Waals surface area (Å²) in [7, 11) is 1.59. The minimum absolute atomic E-state index is 0.117. The Bertz CT molecular complexity index is 605. The molecule has 0 radical (unpaired) electrons. The van der Waals surface area contributed by atoms with Gasteiger partial charge in [-0.05, 0) is 29.2 Å². The molecule has 0 atom stereocenters. The first kappa shape index (κ1) is 14.7. The van der Waals surface area contributed by atoms with Gasteiger partial charge in [0.05, 0.1) is 12.1 Å². The van der Waals surface area contributed by atoms with Crippen LogP contribution >= 0.6 is 0 Å². The van der Waals surface area contributed by atoms with Gasteiger partial charge < -0.3 is 9.47 Å². The second kappa shape index (κ2) is 5.75. The summed E-state index contributed by atoms with van der Waals surface area (Å²) in [5.41, 5.74) is 1.65. The lowest BCUT2D eigenvalue weighted by Crippen LogP contribution is -2.14. The molecule has 3 nitrogen and oxygen atoms in total. The monoisotopic (exact) mass is 277 g/mol. The summed E-state index contributed by atoms with van der Waals surface area (Å²) in [6.45, 7) is 6.99. The number of rotatable bonds is 4. The number of aromatic nitrogens is 1. The van der Waals surface area contributed by atoms with Crippen LogP contribution in [0, 0.1) is 5.82 Å². The Kier molecular flexibility index (Phi) is 4.23. The molecule has 0 aliphatic rings. The zero-order chi connectivity index (χ0) is 14.8. The van der Waals surface area contributed by atoms with E-state index in [0.29, 0.717) is 13.2 Å². The van der Waals surface area contributed by atoms with Gasteiger partial charge in [0.15, 0.2) is 11.6 Å². The van der Waals surface area contributed by atoms with Crippen molar-refractivity contribution in [1.82, 2.24) is 4.98 Å². The molecule has 0 spiro atoms. The van der Waals surface area contributed by atoms with Crippen LogP contribution in [0.5, 0.6) is 5.75 Å². The van der Waals surface area contributed by atoms with Crippen molar-refractivity contribution in [3.05, 3.63) is 35.8 Å². The molecule has 2 aromatic rings. The maximum atomic E-state index is 14.1. The van der Waals surface area contributed by atoms with Crippen molar-refractivity contribution in [2.45, 2.75) is 26.2 Å². The van der Waals surface area contributed by atoms with Gasteiger partial charge in [-0.2, -0.15) is 0 Å². The van der Waals surface area contributed by atoms with Gasteiger partial charge in [-0.15, -0.1) is 0 Å². The van der Waals surface area contributed by atoms with Crippen molar-refractivity contribution in [2.24, 2.45) is 0 Å². The Morgan fingerprint density at radius 3 is 2.55 bits per heavy atom. The Hall–Kier alpha value is -1.68. The number of fused-ring (bicyclic) bond motifs is 1. The quantitative estimate of drug-likeness (QED) is 0.799. The second-order valence-corrected chi connectivity index (χ2v) is 5.72. The molecular weight excluding hydrogens is 257 g/mol. The second-order valence-electron chi connectivity index (χ2n) is 5.72. The van der Waals surface area contributed by atoms with E-state index in [1.165, 1.54) is 6.07 Å². The van der Waals surface area contributed by atoms with Crippen LogP contribution in [0.1, 0.15) is 26.3 Å². The Balaban J connectivity index is 2.61. The topological polar surface area (TPSA) is 31.4 Å². The molecule has 0 saturated heterocycles. The Morgan fingerprint density at radius 2 is 1.90 bits per heavy atom. The molecule has 20 heavy (non-hydrogen) atoms. The number of methoxy groups -OCH3 is 1. The first-order chi connectivity index (χ1) is 9.45. The molecule has 1 aromatic carbocycles. The number of pyridine rings is 1. The molecule has 0 bridgehead atoms. The highest BCUT2D eigenvalue weighted by Gasteiger charge is 2.21. The van der Waals surface area contributed by atoms with Crippen LogP contribution in [0.4, 0.5) is 4.39 Å². The smallest absolute Gasteiger partial charge is 0.165 e. The molecule has 0 aliphatic carbocycles. The molecule has 1 aromatic heterocycles. The van der Waals surface area contributed by atoms with Crippen LogP contribution in [-0.4, -0.2) is 25.3 Å². The number of hydrogen-bond acceptors (Lipinski definition) is 3. The number of ether oxygens (including phenoxy) is 2. The predicted octanol–water partition coefficient (Wildman–Crippen LogP) is 3.70. The van der Waals surface area contributed by atoms with E-state index in [0.717, 1.165) is 16.5 Å². The highest BCUT2D eigenvalue weighted by atomic mass is 19.1. The Morgan fingerprint density at radius 1 is 1.15 bits per heavy atom. The fourth-order valence-corrected chi connectivity index (χ4v) is 2.18. The van der Waals surface area contributed by atoms with E-state index in [1.807, 2.05) is 6.07 Å². The number of benzene rings is 1. The van der Waals surface area contributed by atoms with E-state index in [4.69, 9.17) is 9.47 Å². The third kappa shape index (κ3) is 2.90. The normalized spacial score (nSPS) is 11.8. The van der Waals surface area contributed by atoms with Crippen molar-refractivity contribution < 1.29 is 13.9 Å². The molecular formula is C16H20FNO2. The summed E-state index contributed by atoms with van der Waals surface area (Å²) in [5.74, 6) is -0.107. The zero-order valence-corrected chi connectivity index (χ0v) is 12.4. The molecule has 0 aliphatic heterocycles. The fraction of sp³-hybridized carbons (Fsp3) is 0.438. The highest BCUT2D eigenvalue weighted by molar-refractivity contribution is 5.89. The van der Waals surface area contributed by atoms with Gasteiger partial charge in [-0.25, -0.2) is 4.39 Å². The van der Waals surface area contributed by atoms with Crippen LogP contribution in [-0.2, 0) is 10.2 Å². The van der Waals surface area contributed by atoms with E-state index in [-0.39, 0.29) is 17.0 Å². The van der Waals surface area contributed by atoms with Crippen LogP contribution in [0.15, 0.2) is 24.4 Å². The van der Waals surface area contributed by atoms with Crippen molar-refractivity contribution in [3.63, 3.8) is 0 Å². The van der Waals surface area contributed by atoms with Gasteiger partial charge in [0.25, 0.3) is 0 Å². The van der Waals surface area contributed by atoms with Crippen molar-refractivity contribution in [1.29, 1.82) is 0 Å². The van der Waals surface area contributed by atoms with Crippen LogP contribution in [0.25, 0.3) is 10.9 Å². The summed E-state index contributed by atoms with van der Waals surface area (Å²) in [6.07, 6.45) is 1.75. The third-order valence-corrected chi connectivity index (χ3v) is 3.15. The van der Waals surface area contributed by atoms with Gasteiger partial charge >= 0.3 is 0 Å². The predicted molar refractivity (Wildman–Crippen MR) is 77.8 cm³/mol. The van der Waals surface area contributed by atoms with Gasteiger partial charge in [-0.3, -0.25) is 4.98 Å². The largest absolute Gasteiger partial charge is 0.487 e. The molecule has 2 rings (SSSR count). The highest BCUT2D eigenvalue weighted by Crippen LogP contribution is 2.36. The minimum Gasteiger partial charge on any atom is -0.487 e. The van der Waals surface area contributed by atoms with E-state index in [9.17, 15) is 4.39 Å². The molecule has 0 N–H and O–H groups in total. The molecule has 108 valence electrons. The van der Waals surface area contributed by atoms with E-state index in [2.05, 4.69) is 25.8 Å². The van der Waals surface area contributed by atoms with Gasteiger partial charge in [0, 0.05) is 18.7 Å². The molecule has 4 heteroatoms. The van der Waals surface area contributed by atoms with Crippen LogP contribution in [0.2, 0.25) is 0 Å². The van der Waals surface area contributed by atoms with Crippen LogP contribution in [0.3, 0.4) is 0 Å². The lowest BCUT2D eigenvalue weighted by atomic mass is 9.84. The summed E-state index contributed by atoms with van der Waals surface area (Å²) >= 11 is 0. The zero-order valence-electron chi connectivity index (χ0n) is 12.4. The number of nitrogens with zero attached hydrogens (tertiary/aromatic N) is 1. The van der Waals surface area contributed by atoms with Crippen LogP contribution < -0.4 is 4.74 Å². The van der Waals surface area contributed by atoms with E-state index in [1.54, 1.807) is 19.4 Å². The first-order valence-corrected chi connectivity index (χ1v) is 6.64. The maximum absolute atomic E-state index is 14.1. The summed E-state index contributed by atoms with van der Waals surface area (Å²) < 4.78 is 24.7. The van der Waals surface area contributed by atoms with Gasteiger partial charge in [0.1, 0.15) is 6.61 Å².